The van der Waals surface area contributed by atoms with E-state index in [2.05, 4.69) is 47.5 Å². The molecule has 1 amide bonds. The average Bonchev–Trinajstić information content (AvgIpc) is 3.11. The summed E-state index contributed by atoms with van der Waals surface area (Å²) in [5, 5.41) is 3.81. The van der Waals surface area contributed by atoms with Crippen LogP contribution in [0.25, 0.3) is 0 Å². The molecular formula is C20H31N3O2. The van der Waals surface area contributed by atoms with E-state index in [1.165, 1.54) is 5.56 Å². The molecule has 2 aliphatic heterocycles. The zero-order valence-corrected chi connectivity index (χ0v) is 15.5. The summed E-state index contributed by atoms with van der Waals surface area (Å²) in [5.74, 6) is 0.268. The molecule has 0 bridgehead atoms. The van der Waals surface area contributed by atoms with Crippen molar-refractivity contribution in [2.75, 3.05) is 39.4 Å². The monoisotopic (exact) mass is 345 g/mol. The normalized spacial score (nSPS) is 24.2. The number of hydrogen-bond acceptors (Lipinski definition) is 4. The smallest absolute Gasteiger partial charge is 0.222 e. The summed E-state index contributed by atoms with van der Waals surface area (Å²) in [6, 6.07) is 11.8. The van der Waals surface area contributed by atoms with E-state index in [0.29, 0.717) is 24.5 Å². The summed E-state index contributed by atoms with van der Waals surface area (Å²) >= 11 is 0. The number of benzene rings is 1. The number of ether oxygens (including phenoxy) is 1. The second kappa shape index (κ2) is 8.79. The van der Waals surface area contributed by atoms with Crippen LogP contribution in [0.15, 0.2) is 30.3 Å². The van der Waals surface area contributed by atoms with E-state index in [1.54, 1.807) is 0 Å². The first-order valence-electron chi connectivity index (χ1n) is 9.59. The molecular weight excluding hydrogens is 314 g/mol. The zero-order valence-electron chi connectivity index (χ0n) is 15.5. The van der Waals surface area contributed by atoms with Crippen LogP contribution in [0, 0.1) is 0 Å². The van der Waals surface area contributed by atoms with Crippen molar-refractivity contribution < 1.29 is 9.53 Å². The molecule has 3 unspecified atom stereocenters. The SMILES string of the molecule is CCC(=O)N1CCC(NC(C)C(c2ccccc2)N2CCOCC2)C1. The van der Waals surface area contributed by atoms with Gasteiger partial charge in [0, 0.05) is 44.7 Å². The van der Waals surface area contributed by atoms with Crippen LogP contribution >= 0.6 is 0 Å². The lowest BCUT2D eigenvalue weighted by Gasteiger charge is -2.39. The molecule has 0 aliphatic carbocycles. The Balaban J connectivity index is 1.67. The highest BCUT2D eigenvalue weighted by atomic mass is 16.5. The maximum atomic E-state index is 11.9. The molecule has 0 aromatic heterocycles. The van der Waals surface area contributed by atoms with Crippen LogP contribution in [-0.2, 0) is 9.53 Å². The molecule has 1 N–H and O–H groups in total. The van der Waals surface area contributed by atoms with E-state index in [9.17, 15) is 4.79 Å². The topological polar surface area (TPSA) is 44.8 Å². The third kappa shape index (κ3) is 4.60. The van der Waals surface area contributed by atoms with Crippen LogP contribution < -0.4 is 5.32 Å². The molecule has 5 nitrogen and oxygen atoms in total. The van der Waals surface area contributed by atoms with Gasteiger partial charge in [-0.3, -0.25) is 9.69 Å². The highest BCUT2D eigenvalue weighted by molar-refractivity contribution is 5.76. The van der Waals surface area contributed by atoms with Crippen molar-refractivity contribution >= 4 is 5.91 Å². The van der Waals surface area contributed by atoms with Gasteiger partial charge in [0.1, 0.15) is 0 Å². The van der Waals surface area contributed by atoms with Crippen LogP contribution in [0.5, 0.6) is 0 Å². The molecule has 1 aromatic rings. The Morgan fingerprint density at radius 2 is 1.96 bits per heavy atom. The Hall–Kier alpha value is -1.43. The molecule has 2 fully saturated rings. The van der Waals surface area contributed by atoms with Gasteiger partial charge in [0.2, 0.25) is 5.91 Å². The van der Waals surface area contributed by atoms with Crippen molar-refractivity contribution in [3.63, 3.8) is 0 Å². The summed E-state index contributed by atoms with van der Waals surface area (Å²) in [6.07, 6.45) is 1.64. The number of amides is 1. The van der Waals surface area contributed by atoms with Crippen molar-refractivity contribution in [3.05, 3.63) is 35.9 Å². The van der Waals surface area contributed by atoms with Gasteiger partial charge < -0.3 is 15.0 Å². The molecule has 0 radical (unpaired) electrons. The fourth-order valence-electron chi connectivity index (χ4n) is 4.13. The number of nitrogens with one attached hydrogen (secondary N) is 1. The standard InChI is InChI=1S/C20H31N3O2/c1-3-19(24)23-10-9-18(15-23)21-16(2)20(17-7-5-4-6-8-17)22-11-13-25-14-12-22/h4-8,16,18,20-21H,3,9-15H2,1-2H3. The van der Waals surface area contributed by atoms with E-state index in [1.807, 2.05) is 11.8 Å². The van der Waals surface area contributed by atoms with Gasteiger partial charge in [-0.05, 0) is 18.9 Å². The van der Waals surface area contributed by atoms with E-state index >= 15 is 0 Å². The highest BCUT2D eigenvalue weighted by Gasteiger charge is 2.31. The van der Waals surface area contributed by atoms with Gasteiger partial charge in [-0.1, -0.05) is 37.3 Å². The Morgan fingerprint density at radius 3 is 2.64 bits per heavy atom. The van der Waals surface area contributed by atoms with Gasteiger partial charge >= 0.3 is 0 Å². The summed E-state index contributed by atoms with van der Waals surface area (Å²) in [5.41, 5.74) is 1.35. The van der Waals surface area contributed by atoms with Gasteiger partial charge in [0.15, 0.2) is 0 Å². The molecule has 2 aliphatic rings. The lowest BCUT2D eigenvalue weighted by atomic mass is 9.97. The number of hydrogen-bond donors (Lipinski definition) is 1. The Kier molecular flexibility index (Phi) is 6.45. The van der Waals surface area contributed by atoms with Gasteiger partial charge in [-0.15, -0.1) is 0 Å². The Labute approximate surface area is 151 Å². The molecule has 2 heterocycles. The lowest BCUT2D eigenvalue weighted by molar-refractivity contribution is -0.129. The molecule has 138 valence electrons. The molecule has 5 heteroatoms. The number of rotatable bonds is 6. The minimum Gasteiger partial charge on any atom is -0.379 e. The predicted octanol–water partition coefficient (Wildman–Crippen LogP) is 2.05. The minimum atomic E-state index is 0.268. The van der Waals surface area contributed by atoms with Crippen LogP contribution in [0.4, 0.5) is 0 Å². The van der Waals surface area contributed by atoms with E-state index in [4.69, 9.17) is 4.74 Å². The van der Waals surface area contributed by atoms with Crippen molar-refractivity contribution in [1.82, 2.24) is 15.1 Å². The summed E-state index contributed by atoms with van der Waals surface area (Å²) in [4.78, 5) is 16.4. The van der Waals surface area contributed by atoms with Crippen molar-refractivity contribution in [2.24, 2.45) is 0 Å². The first-order chi connectivity index (χ1) is 12.2. The summed E-state index contributed by atoms with van der Waals surface area (Å²) < 4.78 is 5.55. The number of nitrogens with zero attached hydrogens (tertiary/aromatic N) is 2. The molecule has 0 saturated carbocycles. The van der Waals surface area contributed by atoms with Crippen molar-refractivity contribution in [3.8, 4) is 0 Å². The molecule has 2 saturated heterocycles. The van der Waals surface area contributed by atoms with Gasteiger partial charge in [-0.25, -0.2) is 0 Å². The van der Waals surface area contributed by atoms with E-state index < -0.39 is 0 Å². The summed E-state index contributed by atoms with van der Waals surface area (Å²) in [6.45, 7) is 9.48. The number of morpholine rings is 1. The number of carbonyl (C=O) groups excluding carboxylic acids is 1. The first kappa shape index (κ1) is 18.4. The largest absolute Gasteiger partial charge is 0.379 e. The Bertz CT molecular complexity index is 545. The molecule has 3 atom stereocenters. The quantitative estimate of drug-likeness (QED) is 0.857. The predicted molar refractivity (Wildman–Crippen MR) is 99.4 cm³/mol. The third-order valence-corrected chi connectivity index (χ3v) is 5.40. The van der Waals surface area contributed by atoms with Crippen LogP contribution in [0.2, 0.25) is 0 Å². The maximum Gasteiger partial charge on any atom is 0.222 e. The van der Waals surface area contributed by atoms with E-state index in [0.717, 1.165) is 45.8 Å². The second-order valence-electron chi connectivity index (χ2n) is 7.14. The molecule has 3 rings (SSSR count). The van der Waals surface area contributed by atoms with Crippen LogP contribution in [-0.4, -0.2) is 67.2 Å². The average molecular weight is 345 g/mol. The van der Waals surface area contributed by atoms with Gasteiger partial charge in [0.25, 0.3) is 0 Å². The lowest BCUT2D eigenvalue weighted by Crippen LogP contribution is -2.50. The maximum absolute atomic E-state index is 11.9. The fraction of sp³-hybridized carbons (Fsp3) is 0.650. The van der Waals surface area contributed by atoms with Gasteiger partial charge in [0.05, 0.1) is 19.3 Å². The Morgan fingerprint density at radius 1 is 1.24 bits per heavy atom. The van der Waals surface area contributed by atoms with Gasteiger partial charge in [-0.2, -0.15) is 0 Å². The second-order valence-corrected chi connectivity index (χ2v) is 7.14. The number of likely N-dealkylation sites (tertiary alicyclic amines) is 1. The molecule has 25 heavy (non-hydrogen) atoms. The first-order valence-corrected chi connectivity index (χ1v) is 9.59. The van der Waals surface area contributed by atoms with Crippen LogP contribution in [0.1, 0.15) is 38.3 Å². The zero-order chi connectivity index (χ0) is 17.6. The molecule has 0 spiro atoms. The van der Waals surface area contributed by atoms with Crippen LogP contribution in [0.3, 0.4) is 0 Å². The minimum absolute atomic E-state index is 0.268. The molecule has 1 aromatic carbocycles. The van der Waals surface area contributed by atoms with Crippen molar-refractivity contribution in [2.45, 2.75) is 44.8 Å². The summed E-state index contributed by atoms with van der Waals surface area (Å²) in [7, 11) is 0. The fourth-order valence-corrected chi connectivity index (χ4v) is 4.13. The van der Waals surface area contributed by atoms with Crippen molar-refractivity contribution in [1.29, 1.82) is 0 Å². The number of carbonyl (C=O) groups is 1. The third-order valence-electron chi connectivity index (χ3n) is 5.40. The van der Waals surface area contributed by atoms with E-state index in [-0.39, 0.29) is 5.91 Å². The highest BCUT2D eigenvalue weighted by Crippen LogP contribution is 2.26.